The fourth-order valence-electron chi connectivity index (χ4n) is 3.71. The number of thiocarbonyl (C=S) groups is 1. The first-order chi connectivity index (χ1) is 8.18. The van der Waals surface area contributed by atoms with Crippen molar-refractivity contribution in [3.05, 3.63) is 0 Å². The molecular formula is C14H25NOS. The first kappa shape index (κ1) is 13.3. The Morgan fingerprint density at radius 2 is 2.18 bits per heavy atom. The molecule has 1 saturated carbocycles. The maximum absolute atomic E-state index is 10.3. The van der Waals surface area contributed by atoms with Crippen LogP contribution in [0.4, 0.5) is 0 Å². The van der Waals surface area contributed by atoms with Gasteiger partial charge in [-0.15, -0.1) is 0 Å². The number of aliphatic hydroxyl groups excluding tert-OH is 1. The average molecular weight is 255 g/mol. The zero-order valence-electron chi connectivity index (χ0n) is 10.9. The highest BCUT2D eigenvalue weighted by Gasteiger charge is 2.45. The summed E-state index contributed by atoms with van der Waals surface area (Å²) in [4.78, 5) is 1.02. The summed E-state index contributed by atoms with van der Waals surface area (Å²) in [7, 11) is 0. The second kappa shape index (κ2) is 5.66. The molecule has 1 heterocycles. The van der Waals surface area contributed by atoms with Gasteiger partial charge in [-0.05, 0) is 44.9 Å². The van der Waals surface area contributed by atoms with Crippen LogP contribution in [0.15, 0.2) is 0 Å². The average Bonchev–Trinajstić information content (AvgIpc) is 2.28. The predicted octanol–water partition coefficient (Wildman–Crippen LogP) is 3.18. The van der Waals surface area contributed by atoms with Crippen molar-refractivity contribution in [2.45, 2.75) is 76.4 Å². The summed E-state index contributed by atoms with van der Waals surface area (Å²) in [5, 5.41) is 13.9. The maximum Gasteiger partial charge on any atom is 0.0757 e. The van der Waals surface area contributed by atoms with Crippen LogP contribution in [0, 0.1) is 5.92 Å². The lowest BCUT2D eigenvalue weighted by Crippen LogP contribution is -2.60. The highest BCUT2D eigenvalue weighted by atomic mass is 32.1. The second-order valence-electron chi connectivity index (χ2n) is 5.77. The van der Waals surface area contributed by atoms with Crippen molar-refractivity contribution in [3.8, 4) is 0 Å². The van der Waals surface area contributed by atoms with Gasteiger partial charge in [0.1, 0.15) is 0 Å². The summed E-state index contributed by atoms with van der Waals surface area (Å²) >= 11 is 5.37. The fourth-order valence-corrected chi connectivity index (χ4v) is 4.05. The van der Waals surface area contributed by atoms with Crippen LogP contribution in [0.3, 0.4) is 0 Å². The van der Waals surface area contributed by atoms with Crippen molar-refractivity contribution < 1.29 is 5.11 Å². The number of rotatable bonds is 3. The van der Waals surface area contributed by atoms with E-state index in [1.54, 1.807) is 0 Å². The Balaban J connectivity index is 2.12. The molecule has 0 aromatic rings. The lowest BCUT2D eigenvalue weighted by Gasteiger charge is -2.50. The number of piperidine rings is 1. The van der Waals surface area contributed by atoms with Gasteiger partial charge < -0.3 is 10.4 Å². The molecule has 2 fully saturated rings. The van der Waals surface area contributed by atoms with E-state index in [0.717, 1.165) is 30.7 Å². The number of aliphatic hydroxyl groups is 1. The van der Waals surface area contributed by atoms with Crippen molar-refractivity contribution in [1.29, 1.82) is 0 Å². The molecule has 0 aromatic heterocycles. The first-order valence-corrected chi connectivity index (χ1v) is 7.58. The van der Waals surface area contributed by atoms with Gasteiger partial charge in [0.2, 0.25) is 0 Å². The summed E-state index contributed by atoms with van der Waals surface area (Å²) in [5.74, 6) is 0.412. The summed E-state index contributed by atoms with van der Waals surface area (Å²) in [6, 6.07) is 0. The minimum atomic E-state index is -0.122. The van der Waals surface area contributed by atoms with Crippen LogP contribution in [0.2, 0.25) is 0 Å². The van der Waals surface area contributed by atoms with E-state index in [1.807, 2.05) is 0 Å². The van der Waals surface area contributed by atoms with Crippen molar-refractivity contribution in [1.82, 2.24) is 5.32 Å². The summed E-state index contributed by atoms with van der Waals surface area (Å²) in [6.45, 7) is 2.22. The minimum Gasteiger partial charge on any atom is -0.393 e. The maximum atomic E-state index is 10.3. The Hall–Kier alpha value is -0.150. The standard InChI is InChI=1S/C14H25NOS/c1-2-3-6-11-12(16)7-4-9-14(11)10-5-8-13(17)15-14/h11-12,16H,2-10H2,1H3,(H,15,17). The molecule has 2 N–H and O–H groups in total. The molecule has 0 radical (unpaired) electrons. The third-order valence-electron chi connectivity index (χ3n) is 4.58. The van der Waals surface area contributed by atoms with E-state index in [0.29, 0.717) is 5.92 Å². The fraction of sp³-hybridized carbons (Fsp3) is 0.929. The van der Waals surface area contributed by atoms with Crippen LogP contribution >= 0.6 is 12.2 Å². The van der Waals surface area contributed by atoms with Crippen molar-refractivity contribution in [2.24, 2.45) is 5.92 Å². The molecule has 2 nitrogen and oxygen atoms in total. The lowest BCUT2D eigenvalue weighted by molar-refractivity contribution is -0.00413. The van der Waals surface area contributed by atoms with E-state index in [1.165, 1.54) is 32.1 Å². The summed E-state index contributed by atoms with van der Waals surface area (Å²) < 4.78 is 0. The normalized spacial score (nSPS) is 38.1. The minimum absolute atomic E-state index is 0.122. The largest absolute Gasteiger partial charge is 0.393 e. The molecule has 98 valence electrons. The molecule has 0 amide bonds. The highest BCUT2D eigenvalue weighted by molar-refractivity contribution is 7.80. The van der Waals surface area contributed by atoms with Gasteiger partial charge in [-0.2, -0.15) is 0 Å². The van der Waals surface area contributed by atoms with Gasteiger partial charge in [-0.3, -0.25) is 0 Å². The van der Waals surface area contributed by atoms with Crippen LogP contribution in [0.1, 0.15) is 64.7 Å². The van der Waals surface area contributed by atoms with E-state index in [9.17, 15) is 5.11 Å². The third-order valence-corrected chi connectivity index (χ3v) is 4.89. The predicted molar refractivity (Wildman–Crippen MR) is 75.2 cm³/mol. The summed E-state index contributed by atoms with van der Waals surface area (Å²) in [6.07, 6.45) is 10.2. The van der Waals surface area contributed by atoms with E-state index in [2.05, 4.69) is 12.2 Å². The lowest BCUT2D eigenvalue weighted by atomic mass is 9.65. The molecule has 1 aliphatic heterocycles. The van der Waals surface area contributed by atoms with Gasteiger partial charge in [0.25, 0.3) is 0 Å². The number of unbranched alkanes of at least 4 members (excludes halogenated alkanes) is 1. The van der Waals surface area contributed by atoms with Crippen molar-refractivity contribution in [3.63, 3.8) is 0 Å². The molecule has 1 saturated heterocycles. The third kappa shape index (κ3) is 2.82. The Morgan fingerprint density at radius 1 is 1.41 bits per heavy atom. The van der Waals surface area contributed by atoms with Gasteiger partial charge in [-0.1, -0.05) is 32.0 Å². The number of hydrogen-bond donors (Lipinski definition) is 2. The van der Waals surface area contributed by atoms with Crippen LogP contribution < -0.4 is 5.32 Å². The molecule has 17 heavy (non-hydrogen) atoms. The molecule has 1 aliphatic carbocycles. The van der Waals surface area contributed by atoms with Gasteiger partial charge in [0.15, 0.2) is 0 Å². The van der Waals surface area contributed by atoms with E-state index in [4.69, 9.17) is 12.2 Å². The topological polar surface area (TPSA) is 32.3 Å². The van der Waals surface area contributed by atoms with Gasteiger partial charge >= 0.3 is 0 Å². The summed E-state index contributed by atoms with van der Waals surface area (Å²) in [5.41, 5.74) is 0.127. The monoisotopic (exact) mass is 255 g/mol. The first-order valence-electron chi connectivity index (χ1n) is 7.17. The van der Waals surface area contributed by atoms with Crippen LogP contribution in [-0.4, -0.2) is 21.7 Å². The Bertz CT molecular complexity index is 277. The van der Waals surface area contributed by atoms with Crippen molar-refractivity contribution >= 4 is 17.2 Å². The van der Waals surface area contributed by atoms with E-state index in [-0.39, 0.29) is 11.6 Å². The van der Waals surface area contributed by atoms with Crippen LogP contribution in [-0.2, 0) is 0 Å². The molecule has 2 aliphatic rings. The Kier molecular flexibility index (Phi) is 4.42. The second-order valence-corrected chi connectivity index (χ2v) is 6.26. The molecule has 3 unspecified atom stereocenters. The van der Waals surface area contributed by atoms with E-state index < -0.39 is 0 Å². The highest BCUT2D eigenvalue weighted by Crippen LogP contribution is 2.42. The SMILES string of the molecule is CCCCC1C(O)CCCC12CCCC(=S)N2. The Morgan fingerprint density at radius 3 is 2.88 bits per heavy atom. The molecule has 0 bridgehead atoms. The van der Waals surface area contributed by atoms with Gasteiger partial charge in [0, 0.05) is 11.5 Å². The molecule has 1 spiro atoms. The molecule has 2 rings (SSSR count). The smallest absolute Gasteiger partial charge is 0.0757 e. The van der Waals surface area contributed by atoms with Crippen LogP contribution in [0.25, 0.3) is 0 Å². The molecule has 3 heteroatoms. The number of hydrogen-bond acceptors (Lipinski definition) is 2. The van der Waals surface area contributed by atoms with Gasteiger partial charge in [0.05, 0.1) is 11.1 Å². The molecule has 0 aromatic carbocycles. The zero-order valence-corrected chi connectivity index (χ0v) is 11.7. The Labute approximate surface area is 110 Å². The number of nitrogens with one attached hydrogen (secondary N) is 1. The van der Waals surface area contributed by atoms with Crippen LogP contribution in [0.5, 0.6) is 0 Å². The van der Waals surface area contributed by atoms with E-state index >= 15 is 0 Å². The molecule has 3 atom stereocenters. The zero-order chi connectivity index (χ0) is 12.3. The molecular weight excluding hydrogens is 230 g/mol. The quantitative estimate of drug-likeness (QED) is 0.760. The van der Waals surface area contributed by atoms with Gasteiger partial charge in [-0.25, -0.2) is 0 Å². The van der Waals surface area contributed by atoms with Crippen molar-refractivity contribution in [2.75, 3.05) is 0 Å².